The summed E-state index contributed by atoms with van der Waals surface area (Å²) in [6.07, 6.45) is -1.30. The van der Waals surface area contributed by atoms with Gasteiger partial charge in [-0.05, 0) is 55.5 Å². The lowest BCUT2D eigenvalue weighted by Crippen LogP contribution is -2.47. The van der Waals surface area contributed by atoms with Gasteiger partial charge in [0.2, 0.25) is 6.10 Å². The average molecular weight is 579 g/mol. The van der Waals surface area contributed by atoms with Gasteiger partial charge < -0.3 is 14.2 Å². The molecular formula is C27H28ClFN2O7S. The summed E-state index contributed by atoms with van der Waals surface area (Å²) in [5, 5.41) is 0.0840. The van der Waals surface area contributed by atoms with E-state index in [0.717, 1.165) is 4.31 Å². The second-order valence-corrected chi connectivity index (χ2v) is 10.1. The maximum atomic E-state index is 14.9. The number of carbonyl (C=O) groups is 2. The Morgan fingerprint density at radius 2 is 1.79 bits per heavy atom. The van der Waals surface area contributed by atoms with Gasteiger partial charge in [0.15, 0.2) is 0 Å². The molecule has 39 heavy (non-hydrogen) atoms. The first-order chi connectivity index (χ1) is 18.7. The van der Waals surface area contributed by atoms with Gasteiger partial charge in [-0.25, -0.2) is 13.2 Å². The summed E-state index contributed by atoms with van der Waals surface area (Å²) in [6, 6.07) is 15.4. The van der Waals surface area contributed by atoms with Crippen LogP contribution in [0.5, 0.6) is 11.5 Å². The molecular weight excluding hydrogens is 551 g/mol. The Morgan fingerprint density at radius 3 is 2.44 bits per heavy atom. The average Bonchev–Trinajstić information content (AvgIpc) is 2.97. The van der Waals surface area contributed by atoms with Crippen molar-refractivity contribution in [3.05, 3.63) is 77.3 Å². The molecule has 0 saturated carbocycles. The molecule has 12 heteroatoms. The SMILES string of the molecule is CC.CCOC(=O)C1CN(S(=O)(=O)c2cc(Cl)ccc2OC)c2cc(C(=O)N(F)c3ccccc3)ccc2O1. The number of fused-ring (bicyclic) bond motifs is 1. The first kappa shape index (κ1) is 29.7. The van der Waals surface area contributed by atoms with E-state index in [9.17, 15) is 22.5 Å². The van der Waals surface area contributed by atoms with E-state index in [1.807, 2.05) is 13.8 Å². The van der Waals surface area contributed by atoms with Gasteiger partial charge >= 0.3 is 5.97 Å². The largest absolute Gasteiger partial charge is 0.495 e. The Labute approximate surface area is 231 Å². The minimum Gasteiger partial charge on any atom is -0.495 e. The molecule has 1 heterocycles. The Kier molecular flexibility index (Phi) is 9.76. The van der Waals surface area contributed by atoms with Crippen molar-refractivity contribution in [3.8, 4) is 11.5 Å². The first-order valence-electron chi connectivity index (χ1n) is 12.1. The Balaban J connectivity index is 0.00000205. The number of amides is 1. The molecule has 9 nitrogen and oxygen atoms in total. The molecule has 3 aromatic carbocycles. The number of hydrogen-bond acceptors (Lipinski definition) is 7. The number of esters is 1. The van der Waals surface area contributed by atoms with Crippen LogP contribution in [0.15, 0.2) is 71.6 Å². The highest BCUT2D eigenvalue weighted by Gasteiger charge is 2.40. The zero-order valence-corrected chi connectivity index (χ0v) is 23.3. The van der Waals surface area contributed by atoms with Crippen molar-refractivity contribution in [2.75, 3.05) is 29.7 Å². The highest BCUT2D eigenvalue weighted by Crippen LogP contribution is 2.40. The highest BCUT2D eigenvalue weighted by atomic mass is 35.5. The number of ether oxygens (including phenoxy) is 3. The lowest BCUT2D eigenvalue weighted by molar-refractivity contribution is -0.151. The molecule has 4 rings (SSSR count). The van der Waals surface area contributed by atoms with Crippen LogP contribution in [0.2, 0.25) is 5.02 Å². The molecule has 208 valence electrons. The number of hydrogen-bond donors (Lipinski definition) is 0. The topological polar surface area (TPSA) is 102 Å². The molecule has 1 amide bonds. The Bertz CT molecular complexity index is 1440. The first-order valence-corrected chi connectivity index (χ1v) is 13.9. The van der Waals surface area contributed by atoms with Gasteiger partial charge in [0, 0.05) is 10.6 Å². The molecule has 0 spiro atoms. The summed E-state index contributed by atoms with van der Waals surface area (Å²) in [4.78, 5) is 25.1. The molecule has 1 aliphatic heterocycles. The van der Waals surface area contributed by atoms with Crippen molar-refractivity contribution < 1.29 is 36.7 Å². The van der Waals surface area contributed by atoms with E-state index in [0.29, 0.717) is 0 Å². The van der Waals surface area contributed by atoms with E-state index in [4.69, 9.17) is 25.8 Å². The fourth-order valence-electron chi connectivity index (χ4n) is 3.73. The number of carbonyl (C=O) groups excluding carboxylic acids is 2. The summed E-state index contributed by atoms with van der Waals surface area (Å²) < 4.78 is 59.4. The molecule has 0 aromatic heterocycles. The van der Waals surface area contributed by atoms with Gasteiger partial charge in [-0.1, -0.05) is 48.1 Å². The minimum atomic E-state index is -4.42. The zero-order chi connectivity index (χ0) is 28.7. The second kappa shape index (κ2) is 12.8. The molecule has 0 aliphatic carbocycles. The van der Waals surface area contributed by atoms with Gasteiger partial charge in [0.05, 0.1) is 31.6 Å². The van der Waals surface area contributed by atoms with Crippen molar-refractivity contribution in [1.82, 2.24) is 0 Å². The minimum absolute atomic E-state index is 0.00279. The molecule has 1 atom stereocenters. The quantitative estimate of drug-likeness (QED) is 0.272. The number of benzene rings is 3. The number of methoxy groups -OCH3 is 1. The van der Waals surface area contributed by atoms with Crippen LogP contribution in [0.25, 0.3) is 0 Å². The van der Waals surface area contributed by atoms with E-state index >= 15 is 0 Å². The summed E-state index contributed by atoms with van der Waals surface area (Å²) in [6.45, 7) is 5.19. The van der Waals surface area contributed by atoms with Crippen molar-refractivity contribution in [2.45, 2.75) is 31.8 Å². The van der Waals surface area contributed by atoms with Crippen LogP contribution in [-0.4, -0.2) is 46.7 Å². The summed E-state index contributed by atoms with van der Waals surface area (Å²) in [5.41, 5.74) is -0.228. The molecule has 0 radical (unpaired) electrons. The summed E-state index contributed by atoms with van der Waals surface area (Å²) >= 11 is 6.07. The lowest BCUT2D eigenvalue weighted by atomic mass is 10.1. The molecule has 3 aromatic rings. The van der Waals surface area contributed by atoms with E-state index in [1.165, 1.54) is 55.6 Å². The van der Waals surface area contributed by atoms with Crippen LogP contribution in [0.4, 0.5) is 15.9 Å². The fraction of sp³-hybridized carbons (Fsp3) is 0.259. The zero-order valence-electron chi connectivity index (χ0n) is 21.8. The molecule has 0 bridgehead atoms. The summed E-state index contributed by atoms with van der Waals surface area (Å²) in [7, 11) is -3.12. The molecule has 0 fully saturated rings. The predicted octanol–water partition coefficient (Wildman–Crippen LogP) is 5.43. The fourth-order valence-corrected chi connectivity index (χ4v) is 5.62. The van der Waals surface area contributed by atoms with Crippen LogP contribution in [0.1, 0.15) is 31.1 Å². The Morgan fingerprint density at radius 1 is 1.10 bits per heavy atom. The molecule has 1 unspecified atom stereocenters. The van der Waals surface area contributed by atoms with E-state index in [1.54, 1.807) is 25.1 Å². The Hall–Kier alpha value is -3.83. The lowest BCUT2D eigenvalue weighted by Gasteiger charge is -2.34. The maximum Gasteiger partial charge on any atom is 0.349 e. The van der Waals surface area contributed by atoms with E-state index in [-0.39, 0.29) is 50.1 Å². The summed E-state index contributed by atoms with van der Waals surface area (Å²) in [5.74, 6) is -1.81. The maximum absolute atomic E-state index is 14.9. The number of anilines is 2. The third-order valence-corrected chi connectivity index (χ3v) is 7.52. The van der Waals surface area contributed by atoms with Crippen LogP contribution in [0.3, 0.4) is 0 Å². The van der Waals surface area contributed by atoms with Gasteiger partial charge in [-0.3, -0.25) is 9.10 Å². The van der Waals surface area contributed by atoms with Crippen molar-refractivity contribution >= 4 is 44.9 Å². The van der Waals surface area contributed by atoms with Crippen molar-refractivity contribution in [1.29, 1.82) is 0 Å². The van der Waals surface area contributed by atoms with Crippen molar-refractivity contribution in [3.63, 3.8) is 0 Å². The standard InChI is InChI=1S/C25H22ClFN2O7S.C2H6/c1-3-35-25(31)22-15-28(37(32,33)23-14-17(26)10-12-21(23)34-2)19-13-16(9-11-20(19)36-22)24(30)29(27)18-7-5-4-6-8-18;1-2/h4-14,22H,3,15H2,1-2H3;1-2H3. The normalized spacial score (nSPS) is 14.2. The number of para-hydroxylation sites is 1. The van der Waals surface area contributed by atoms with Gasteiger partial charge in [0.25, 0.3) is 15.9 Å². The number of rotatable bonds is 7. The highest BCUT2D eigenvalue weighted by molar-refractivity contribution is 7.93. The number of halogens is 2. The van der Waals surface area contributed by atoms with Crippen LogP contribution in [0, 0.1) is 0 Å². The van der Waals surface area contributed by atoms with Crippen LogP contribution in [-0.2, 0) is 19.6 Å². The monoisotopic (exact) mass is 578 g/mol. The van der Waals surface area contributed by atoms with Gasteiger partial charge in [-0.15, -0.1) is 5.12 Å². The molecule has 0 N–H and O–H groups in total. The number of nitrogens with zero attached hydrogens (tertiary/aromatic N) is 2. The third-order valence-electron chi connectivity index (χ3n) is 5.48. The third kappa shape index (κ3) is 6.26. The molecule has 0 saturated heterocycles. The predicted molar refractivity (Wildman–Crippen MR) is 146 cm³/mol. The van der Waals surface area contributed by atoms with E-state index < -0.39 is 34.5 Å². The second-order valence-electron chi connectivity index (χ2n) is 7.79. The number of sulfonamides is 1. The van der Waals surface area contributed by atoms with Crippen LogP contribution < -0.4 is 18.9 Å². The van der Waals surface area contributed by atoms with Crippen LogP contribution >= 0.6 is 11.6 Å². The van der Waals surface area contributed by atoms with Crippen molar-refractivity contribution in [2.24, 2.45) is 0 Å². The van der Waals surface area contributed by atoms with Gasteiger partial charge in [0.1, 0.15) is 16.4 Å². The smallest absolute Gasteiger partial charge is 0.349 e. The molecule has 1 aliphatic rings. The van der Waals surface area contributed by atoms with E-state index in [2.05, 4.69) is 0 Å². The van der Waals surface area contributed by atoms with Gasteiger partial charge in [-0.2, -0.15) is 0 Å².